The molecule has 2 nitrogen and oxygen atoms in total. The quantitative estimate of drug-likeness (QED) is 0.755. The number of carbonyl (C=O) groups is 1. The summed E-state index contributed by atoms with van der Waals surface area (Å²) >= 11 is 11.8. The second-order valence-electron chi connectivity index (χ2n) is 3.41. The zero-order valence-electron chi connectivity index (χ0n) is 9.30. The average Bonchev–Trinajstić information content (AvgIpc) is 2.29. The molecule has 88 valence electrons. The first-order valence-electron chi connectivity index (χ1n) is 5.06. The zero-order valence-corrected chi connectivity index (χ0v) is 10.8. The summed E-state index contributed by atoms with van der Waals surface area (Å²) in [5, 5.41) is -0.613. The number of ketones is 1. The largest absolute Gasteiger partial charge is 0.494 e. The van der Waals surface area contributed by atoms with Crippen molar-refractivity contribution in [1.82, 2.24) is 0 Å². The van der Waals surface area contributed by atoms with Gasteiger partial charge in [-0.3, -0.25) is 4.79 Å². The smallest absolute Gasteiger partial charge is 0.152 e. The van der Waals surface area contributed by atoms with Gasteiger partial charge in [-0.2, -0.15) is 0 Å². The lowest BCUT2D eigenvalue weighted by molar-refractivity contribution is -0.116. The Morgan fingerprint density at radius 3 is 2.69 bits per heavy atom. The van der Waals surface area contributed by atoms with Crippen LogP contribution in [0, 0.1) is 0 Å². The van der Waals surface area contributed by atoms with E-state index in [1.807, 2.05) is 13.0 Å². The summed E-state index contributed by atoms with van der Waals surface area (Å²) in [6.07, 6.45) is 0. The van der Waals surface area contributed by atoms with Crippen LogP contribution >= 0.6 is 23.2 Å². The number of hydrogen-bond donors (Lipinski definition) is 0. The third-order valence-electron chi connectivity index (χ3n) is 2.18. The highest BCUT2D eigenvalue weighted by Gasteiger charge is 2.14. The third kappa shape index (κ3) is 3.13. The second kappa shape index (κ2) is 6.12. The number of carbonyl (C=O) groups excluding carboxylic acids is 1. The second-order valence-corrected chi connectivity index (χ2v) is 4.11. The van der Waals surface area contributed by atoms with Crippen molar-refractivity contribution in [2.75, 3.05) is 6.61 Å². The highest BCUT2D eigenvalue weighted by Crippen LogP contribution is 2.28. The van der Waals surface area contributed by atoms with Crippen LogP contribution < -0.4 is 4.74 Å². The SMILES string of the molecule is CCOc1ccc(C(Cl)C(C)=O)cc1CCl. The lowest BCUT2D eigenvalue weighted by Gasteiger charge is -2.12. The van der Waals surface area contributed by atoms with Crippen LogP contribution in [0.25, 0.3) is 0 Å². The number of rotatable bonds is 5. The molecule has 0 aliphatic heterocycles. The Labute approximate surface area is 106 Å². The molecule has 0 N–H and O–H groups in total. The number of halogens is 2. The number of alkyl halides is 2. The van der Waals surface area contributed by atoms with Crippen LogP contribution in [0.5, 0.6) is 5.75 Å². The van der Waals surface area contributed by atoms with Crippen molar-refractivity contribution >= 4 is 29.0 Å². The standard InChI is InChI=1S/C12H14Cl2O2/c1-3-16-11-5-4-9(6-10(11)7-13)12(14)8(2)15/h4-6,12H,3,7H2,1-2H3. The minimum Gasteiger partial charge on any atom is -0.494 e. The molecule has 0 bridgehead atoms. The molecule has 0 aliphatic carbocycles. The summed E-state index contributed by atoms with van der Waals surface area (Å²) in [6.45, 7) is 3.96. The molecule has 16 heavy (non-hydrogen) atoms. The first-order valence-corrected chi connectivity index (χ1v) is 6.03. The highest BCUT2D eigenvalue weighted by molar-refractivity contribution is 6.30. The predicted molar refractivity (Wildman–Crippen MR) is 66.4 cm³/mol. The fourth-order valence-corrected chi connectivity index (χ4v) is 1.74. The fraction of sp³-hybridized carbons (Fsp3) is 0.417. The van der Waals surface area contributed by atoms with E-state index in [1.54, 1.807) is 12.1 Å². The molecule has 0 aliphatic rings. The van der Waals surface area contributed by atoms with Gasteiger partial charge in [0.15, 0.2) is 5.78 Å². The molecule has 0 amide bonds. The zero-order chi connectivity index (χ0) is 12.1. The molecular formula is C12H14Cl2O2. The summed E-state index contributed by atoms with van der Waals surface area (Å²) in [7, 11) is 0. The van der Waals surface area contributed by atoms with Gasteiger partial charge in [0.25, 0.3) is 0 Å². The summed E-state index contributed by atoms with van der Waals surface area (Å²) in [4.78, 5) is 11.2. The lowest BCUT2D eigenvalue weighted by atomic mass is 10.1. The topological polar surface area (TPSA) is 26.3 Å². The Morgan fingerprint density at radius 2 is 2.19 bits per heavy atom. The van der Waals surface area contributed by atoms with Crippen molar-refractivity contribution in [3.63, 3.8) is 0 Å². The third-order valence-corrected chi connectivity index (χ3v) is 3.03. The van der Waals surface area contributed by atoms with Crippen molar-refractivity contribution < 1.29 is 9.53 Å². The molecule has 0 fully saturated rings. The fourth-order valence-electron chi connectivity index (χ4n) is 1.39. The predicted octanol–water partition coefficient (Wildman–Crippen LogP) is 3.69. The number of Topliss-reactive ketones (excluding diaryl/α,β-unsaturated/α-hetero) is 1. The molecule has 0 heterocycles. The van der Waals surface area contributed by atoms with Gasteiger partial charge < -0.3 is 4.74 Å². The Balaban J connectivity index is 3.03. The van der Waals surface area contributed by atoms with E-state index in [2.05, 4.69) is 0 Å². The molecule has 0 radical (unpaired) electrons. The molecule has 0 saturated heterocycles. The van der Waals surface area contributed by atoms with E-state index >= 15 is 0 Å². The molecule has 1 rings (SSSR count). The number of ether oxygens (including phenoxy) is 1. The van der Waals surface area contributed by atoms with Crippen LogP contribution in [-0.4, -0.2) is 12.4 Å². The van der Waals surface area contributed by atoms with Gasteiger partial charge in [-0.15, -0.1) is 23.2 Å². The van der Waals surface area contributed by atoms with Crippen molar-refractivity contribution in [2.45, 2.75) is 25.1 Å². The normalized spacial score (nSPS) is 12.2. The van der Waals surface area contributed by atoms with Crippen molar-refractivity contribution in [3.05, 3.63) is 29.3 Å². The van der Waals surface area contributed by atoms with Gasteiger partial charge in [-0.25, -0.2) is 0 Å². The van der Waals surface area contributed by atoms with E-state index in [4.69, 9.17) is 27.9 Å². The van der Waals surface area contributed by atoms with Gasteiger partial charge >= 0.3 is 0 Å². The van der Waals surface area contributed by atoms with Crippen LogP contribution in [0.4, 0.5) is 0 Å². The average molecular weight is 261 g/mol. The van der Waals surface area contributed by atoms with Gasteiger partial charge in [0.2, 0.25) is 0 Å². The minimum atomic E-state index is -0.613. The molecular weight excluding hydrogens is 247 g/mol. The first-order chi connectivity index (χ1) is 7.60. The highest BCUT2D eigenvalue weighted by atomic mass is 35.5. The minimum absolute atomic E-state index is 0.0775. The van der Waals surface area contributed by atoms with E-state index in [1.165, 1.54) is 6.92 Å². The van der Waals surface area contributed by atoms with E-state index in [9.17, 15) is 4.79 Å². The van der Waals surface area contributed by atoms with Crippen molar-refractivity contribution in [1.29, 1.82) is 0 Å². The van der Waals surface area contributed by atoms with Crippen LogP contribution in [0.15, 0.2) is 18.2 Å². The molecule has 1 aromatic rings. The van der Waals surface area contributed by atoms with E-state index in [0.717, 1.165) is 16.9 Å². The maximum absolute atomic E-state index is 11.2. The summed E-state index contributed by atoms with van der Waals surface area (Å²) < 4.78 is 5.41. The summed E-state index contributed by atoms with van der Waals surface area (Å²) in [6, 6.07) is 5.41. The Bertz CT molecular complexity index is 377. The number of benzene rings is 1. The van der Waals surface area contributed by atoms with Crippen LogP contribution in [0.2, 0.25) is 0 Å². The molecule has 1 atom stereocenters. The van der Waals surface area contributed by atoms with Crippen molar-refractivity contribution in [3.8, 4) is 5.75 Å². The summed E-state index contributed by atoms with van der Waals surface area (Å²) in [5.41, 5.74) is 1.61. The molecule has 1 aromatic carbocycles. The molecule has 1 unspecified atom stereocenters. The Hall–Kier alpha value is -0.730. The molecule has 0 saturated carbocycles. The Morgan fingerprint density at radius 1 is 1.50 bits per heavy atom. The van der Waals surface area contributed by atoms with Crippen molar-refractivity contribution in [2.24, 2.45) is 0 Å². The van der Waals surface area contributed by atoms with Crippen LogP contribution in [0.3, 0.4) is 0 Å². The maximum atomic E-state index is 11.2. The molecule has 0 spiro atoms. The summed E-state index contributed by atoms with van der Waals surface area (Å²) in [5.74, 6) is 1.00. The lowest BCUT2D eigenvalue weighted by Crippen LogP contribution is -2.03. The van der Waals surface area contributed by atoms with Gasteiger partial charge in [-0.1, -0.05) is 6.07 Å². The van der Waals surface area contributed by atoms with Gasteiger partial charge in [0.05, 0.1) is 12.5 Å². The van der Waals surface area contributed by atoms with Gasteiger partial charge in [0.1, 0.15) is 11.1 Å². The molecule has 4 heteroatoms. The van der Waals surface area contributed by atoms with Crippen LogP contribution in [-0.2, 0) is 10.7 Å². The van der Waals surface area contributed by atoms with Gasteiger partial charge in [0, 0.05) is 5.56 Å². The maximum Gasteiger partial charge on any atom is 0.152 e. The van der Waals surface area contributed by atoms with E-state index in [-0.39, 0.29) is 5.78 Å². The molecule has 0 aromatic heterocycles. The Kier molecular flexibility index (Phi) is 5.10. The first kappa shape index (κ1) is 13.3. The monoisotopic (exact) mass is 260 g/mol. The van der Waals surface area contributed by atoms with Gasteiger partial charge in [-0.05, 0) is 31.5 Å². The van der Waals surface area contributed by atoms with Crippen LogP contribution in [0.1, 0.15) is 30.4 Å². The number of hydrogen-bond acceptors (Lipinski definition) is 2. The van der Waals surface area contributed by atoms with E-state index in [0.29, 0.717) is 12.5 Å². The van der Waals surface area contributed by atoms with E-state index < -0.39 is 5.38 Å².